The first-order valence-corrected chi connectivity index (χ1v) is 7.70. The Bertz CT molecular complexity index is 422. The number of piperazine rings is 1. The van der Waals surface area contributed by atoms with Gasteiger partial charge in [0.15, 0.2) is 0 Å². The summed E-state index contributed by atoms with van der Waals surface area (Å²) in [6, 6.07) is 8.00. The van der Waals surface area contributed by atoms with Gasteiger partial charge in [-0.15, -0.1) is 0 Å². The van der Waals surface area contributed by atoms with Crippen molar-refractivity contribution in [3.63, 3.8) is 0 Å². The minimum absolute atomic E-state index is 0.577. The molecule has 0 radical (unpaired) electrons. The SMILES string of the molecule is Cc1cc(Br)cc(N2CC(C3CC3)NCC2C)c1. The van der Waals surface area contributed by atoms with Crippen LogP contribution in [0.4, 0.5) is 5.69 Å². The number of anilines is 1. The molecule has 2 unspecified atom stereocenters. The number of nitrogens with zero attached hydrogens (tertiary/aromatic N) is 1. The van der Waals surface area contributed by atoms with E-state index in [-0.39, 0.29) is 0 Å². The summed E-state index contributed by atoms with van der Waals surface area (Å²) in [5.74, 6) is 0.924. The monoisotopic (exact) mass is 308 g/mol. The fourth-order valence-electron chi connectivity index (χ4n) is 2.95. The van der Waals surface area contributed by atoms with Crippen LogP contribution in [0.3, 0.4) is 0 Å². The number of aryl methyl sites for hydroxylation is 1. The standard InChI is InChI=1S/C15H21BrN2/c1-10-5-13(16)7-14(6-10)18-9-15(12-3-4-12)17-8-11(18)2/h5-7,11-12,15,17H,3-4,8-9H2,1-2H3. The van der Waals surface area contributed by atoms with Gasteiger partial charge in [-0.2, -0.15) is 0 Å². The van der Waals surface area contributed by atoms with E-state index in [1.165, 1.54) is 28.6 Å². The zero-order valence-corrected chi connectivity index (χ0v) is 12.7. The lowest BCUT2D eigenvalue weighted by Gasteiger charge is -2.41. The summed E-state index contributed by atoms with van der Waals surface area (Å²) < 4.78 is 1.19. The Kier molecular flexibility index (Phi) is 3.37. The first-order valence-electron chi connectivity index (χ1n) is 6.90. The Morgan fingerprint density at radius 2 is 2.06 bits per heavy atom. The Morgan fingerprint density at radius 3 is 2.72 bits per heavy atom. The highest BCUT2D eigenvalue weighted by Crippen LogP contribution is 2.35. The van der Waals surface area contributed by atoms with E-state index in [9.17, 15) is 0 Å². The molecule has 1 aliphatic heterocycles. The fourth-order valence-corrected chi connectivity index (χ4v) is 3.54. The van der Waals surface area contributed by atoms with E-state index >= 15 is 0 Å². The maximum atomic E-state index is 3.71. The fraction of sp³-hybridized carbons (Fsp3) is 0.600. The van der Waals surface area contributed by atoms with Crippen molar-refractivity contribution in [2.24, 2.45) is 5.92 Å². The van der Waals surface area contributed by atoms with Crippen LogP contribution in [-0.4, -0.2) is 25.2 Å². The summed E-state index contributed by atoms with van der Waals surface area (Å²) in [6.07, 6.45) is 2.83. The predicted octanol–water partition coefficient (Wildman–Crippen LogP) is 3.33. The van der Waals surface area contributed by atoms with Crippen molar-refractivity contribution >= 4 is 21.6 Å². The number of rotatable bonds is 2. The molecule has 2 nitrogen and oxygen atoms in total. The van der Waals surface area contributed by atoms with Crippen molar-refractivity contribution in [1.82, 2.24) is 5.32 Å². The number of benzene rings is 1. The van der Waals surface area contributed by atoms with E-state index < -0.39 is 0 Å². The molecule has 1 N–H and O–H groups in total. The van der Waals surface area contributed by atoms with Crippen LogP contribution in [0.15, 0.2) is 22.7 Å². The van der Waals surface area contributed by atoms with Crippen molar-refractivity contribution in [2.75, 3.05) is 18.0 Å². The lowest BCUT2D eigenvalue weighted by molar-refractivity contribution is 0.376. The summed E-state index contributed by atoms with van der Waals surface area (Å²) in [7, 11) is 0. The van der Waals surface area contributed by atoms with Gasteiger partial charge in [-0.05, 0) is 56.4 Å². The Labute approximate surface area is 118 Å². The minimum atomic E-state index is 0.577. The van der Waals surface area contributed by atoms with Crippen molar-refractivity contribution in [1.29, 1.82) is 0 Å². The molecular weight excluding hydrogens is 288 g/mol. The van der Waals surface area contributed by atoms with E-state index in [1.807, 2.05) is 0 Å². The predicted molar refractivity (Wildman–Crippen MR) is 80.2 cm³/mol. The largest absolute Gasteiger partial charge is 0.366 e. The summed E-state index contributed by atoms with van der Waals surface area (Å²) in [5.41, 5.74) is 2.69. The Hall–Kier alpha value is -0.540. The molecule has 1 saturated carbocycles. The normalized spacial score (nSPS) is 28.5. The summed E-state index contributed by atoms with van der Waals surface area (Å²) in [4.78, 5) is 2.57. The molecule has 1 heterocycles. The molecule has 0 bridgehead atoms. The Morgan fingerprint density at radius 1 is 1.28 bits per heavy atom. The Balaban J connectivity index is 1.83. The summed E-state index contributed by atoms with van der Waals surface area (Å²) in [5, 5.41) is 3.71. The topological polar surface area (TPSA) is 15.3 Å². The third-order valence-corrected chi connectivity index (χ3v) is 4.61. The maximum Gasteiger partial charge on any atom is 0.0387 e. The third-order valence-electron chi connectivity index (χ3n) is 4.15. The van der Waals surface area contributed by atoms with Crippen molar-refractivity contribution < 1.29 is 0 Å². The van der Waals surface area contributed by atoms with E-state index in [0.29, 0.717) is 12.1 Å². The van der Waals surface area contributed by atoms with Crippen molar-refractivity contribution in [2.45, 2.75) is 38.8 Å². The molecule has 2 aliphatic rings. The molecule has 3 rings (SSSR count). The first-order chi connectivity index (χ1) is 8.63. The zero-order chi connectivity index (χ0) is 12.7. The molecule has 1 aromatic rings. The average molecular weight is 309 g/mol. The molecule has 0 aromatic heterocycles. The van der Waals surface area contributed by atoms with Gasteiger partial charge in [0.2, 0.25) is 0 Å². The molecule has 3 heteroatoms. The molecule has 98 valence electrons. The van der Waals surface area contributed by atoms with Crippen LogP contribution >= 0.6 is 15.9 Å². The van der Waals surface area contributed by atoms with E-state index in [4.69, 9.17) is 0 Å². The number of hydrogen-bond acceptors (Lipinski definition) is 2. The highest BCUT2D eigenvalue weighted by Gasteiger charge is 2.36. The van der Waals surface area contributed by atoms with Crippen LogP contribution in [0, 0.1) is 12.8 Å². The number of halogens is 1. The molecule has 0 spiro atoms. The van der Waals surface area contributed by atoms with Crippen LogP contribution in [0.25, 0.3) is 0 Å². The highest BCUT2D eigenvalue weighted by atomic mass is 79.9. The lowest BCUT2D eigenvalue weighted by atomic mass is 10.0. The molecular formula is C15H21BrN2. The second-order valence-electron chi connectivity index (χ2n) is 5.84. The van der Waals surface area contributed by atoms with E-state index in [1.54, 1.807) is 0 Å². The number of nitrogens with one attached hydrogen (secondary N) is 1. The van der Waals surface area contributed by atoms with Gasteiger partial charge >= 0.3 is 0 Å². The second-order valence-corrected chi connectivity index (χ2v) is 6.76. The van der Waals surface area contributed by atoms with Crippen molar-refractivity contribution in [3.8, 4) is 0 Å². The van der Waals surface area contributed by atoms with Crippen LogP contribution in [-0.2, 0) is 0 Å². The maximum absolute atomic E-state index is 3.71. The average Bonchev–Trinajstić information content (AvgIpc) is 3.12. The van der Waals surface area contributed by atoms with Crippen molar-refractivity contribution in [3.05, 3.63) is 28.2 Å². The first kappa shape index (κ1) is 12.5. The quantitative estimate of drug-likeness (QED) is 0.901. The summed E-state index contributed by atoms with van der Waals surface area (Å²) in [6.45, 7) is 6.74. The van der Waals surface area contributed by atoms with E-state index in [0.717, 1.165) is 19.0 Å². The number of hydrogen-bond donors (Lipinski definition) is 1. The molecule has 2 atom stereocenters. The van der Waals surface area contributed by atoms with Crippen LogP contribution in [0.5, 0.6) is 0 Å². The molecule has 0 amide bonds. The molecule has 1 aliphatic carbocycles. The third kappa shape index (κ3) is 2.57. The molecule has 18 heavy (non-hydrogen) atoms. The van der Waals surface area contributed by atoms with Gasteiger partial charge in [-0.3, -0.25) is 0 Å². The van der Waals surface area contributed by atoms with Crippen LogP contribution in [0.1, 0.15) is 25.3 Å². The van der Waals surface area contributed by atoms with Gasteiger partial charge in [-0.1, -0.05) is 15.9 Å². The van der Waals surface area contributed by atoms with Gasteiger partial charge in [0.1, 0.15) is 0 Å². The molecule has 1 saturated heterocycles. The van der Waals surface area contributed by atoms with E-state index in [2.05, 4.69) is 58.2 Å². The minimum Gasteiger partial charge on any atom is -0.366 e. The lowest BCUT2D eigenvalue weighted by Crippen LogP contribution is -2.56. The molecule has 2 fully saturated rings. The van der Waals surface area contributed by atoms with Gasteiger partial charge in [-0.25, -0.2) is 0 Å². The zero-order valence-electron chi connectivity index (χ0n) is 11.1. The second kappa shape index (κ2) is 4.86. The van der Waals surface area contributed by atoms with Gasteiger partial charge < -0.3 is 10.2 Å². The van der Waals surface area contributed by atoms with Gasteiger partial charge in [0, 0.05) is 35.3 Å². The van der Waals surface area contributed by atoms with Gasteiger partial charge in [0.05, 0.1) is 0 Å². The molecule has 1 aromatic carbocycles. The van der Waals surface area contributed by atoms with Crippen LogP contribution < -0.4 is 10.2 Å². The smallest absolute Gasteiger partial charge is 0.0387 e. The summed E-state index contributed by atoms with van der Waals surface area (Å²) >= 11 is 3.61. The highest BCUT2D eigenvalue weighted by molar-refractivity contribution is 9.10. The van der Waals surface area contributed by atoms with Gasteiger partial charge in [0.25, 0.3) is 0 Å². The van der Waals surface area contributed by atoms with Crippen LogP contribution in [0.2, 0.25) is 0 Å².